The summed E-state index contributed by atoms with van der Waals surface area (Å²) in [5.41, 5.74) is 6.61. The molecule has 16 heavy (non-hydrogen) atoms. The maximum Gasteiger partial charge on any atom is 0.274 e. The summed E-state index contributed by atoms with van der Waals surface area (Å²) in [6.45, 7) is 2.90. The van der Waals surface area contributed by atoms with Crippen LogP contribution in [-0.4, -0.2) is 28.4 Å². The SMILES string of the molecule is CC1CCCCN1C(=O)c1ncccc1N. The van der Waals surface area contributed by atoms with Gasteiger partial charge in [-0.05, 0) is 38.3 Å². The van der Waals surface area contributed by atoms with Gasteiger partial charge in [0.05, 0.1) is 5.69 Å². The zero-order valence-electron chi connectivity index (χ0n) is 9.52. The summed E-state index contributed by atoms with van der Waals surface area (Å²) in [7, 11) is 0. The van der Waals surface area contributed by atoms with Gasteiger partial charge in [-0.25, -0.2) is 4.98 Å². The second-order valence-corrected chi connectivity index (χ2v) is 4.28. The highest BCUT2D eigenvalue weighted by atomic mass is 16.2. The number of amides is 1. The molecule has 2 heterocycles. The van der Waals surface area contributed by atoms with Crippen molar-refractivity contribution in [1.82, 2.24) is 9.88 Å². The third-order valence-electron chi connectivity index (χ3n) is 3.11. The molecule has 0 aliphatic carbocycles. The van der Waals surface area contributed by atoms with Crippen molar-refractivity contribution in [2.75, 3.05) is 12.3 Å². The Labute approximate surface area is 95.5 Å². The number of hydrogen-bond acceptors (Lipinski definition) is 3. The number of pyridine rings is 1. The Morgan fingerprint density at radius 3 is 3.06 bits per heavy atom. The highest BCUT2D eigenvalue weighted by molar-refractivity contribution is 5.97. The largest absolute Gasteiger partial charge is 0.397 e. The van der Waals surface area contributed by atoms with Crippen LogP contribution in [0.2, 0.25) is 0 Å². The fourth-order valence-corrected chi connectivity index (χ4v) is 2.13. The van der Waals surface area contributed by atoms with Crippen LogP contribution in [0.4, 0.5) is 5.69 Å². The van der Waals surface area contributed by atoms with E-state index in [-0.39, 0.29) is 5.91 Å². The van der Waals surface area contributed by atoms with E-state index in [2.05, 4.69) is 11.9 Å². The summed E-state index contributed by atoms with van der Waals surface area (Å²) in [5.74, 6) is -0.0368. The van der Waals surface area contributed by atoms with Gasteiger partial charge < -0.3 is 10.6 Å². The Balaban J connectivity index is 2.21. The molecule has 1 aromatic heterocycles. The first-order valence-electron chi connectivity index (χ1n) is 5.71. The molecule has 1 atom stereocenters. The molecule has 1 aliphatic heterocycles. The Morgan fingerprint density at radius 1 is 1.56 bits per heavy atom. The van der Waals surface area contributed by atoms with Gasteiger partial charge in [0, 0.05) is 18.8 Å². The lowest BCUT2D eigenvalue weighted by Gasteiger charge is -2.33. The monoisotopic (exact) mass is 219 g/mol. The molecule has 1 saturated heterocycles. The predicted molar refractivity (Wildman–Crippen MR) is 63.0 cm³/mol. The predicted octanol–water partition coefficient (Wildman–Crippen LogP) is 1.68. The van der Waals surface area contributed by atoms with E-state index >= 15 is 0 Å². The van der Waals surface area contributed by atoms with Gasteiger partial charge in [0.2, 0.25) is 0 Å². The van der Waals surface area contributed by atoms with E-state index in [4.69, 9.17) is 5.73 Å². The molecule has 1 amide bonds. The Morgan fingerprint density at radius 2 is 2.38 bits per heavy atom. The molecule has 1 fully saturated rings. The van der Waals surface area contributed by atoms with E-state index in [9.17, 15) is 4.79 Å². The topological polar surface area (TPSA) is 59.2 Å². The molecule has 2 rings (SSSR count). The first kappa shape index (κ1) is 10.9. The molecule has 0 radical (unpaired) electrons. The summed E-state index contributed by atoms with van der Waals surface area (Å²) in [6, 6.07) is 3.75. The number of likely N-dealkylation sites (tertiary alicyclic amines) is 1. The van der Waals surface area contributed by atoms with E-state index in [1.807, 2.05) is 4.90 Å². The first-order valence-corrected chi connectivity index (χ1v) is 5.71. The highest BCUT2D eigenvalue weighted by Gasteiger charge is 2.25. The van der Waals surface area contributed by atoms with E-state index in [1.165, 1.54) is 6.42 Å². The van der Waals surface area contributed by atoms with Crippen LogP contribution in [0.3, 0.4) is 0 Å². The number of carbonyl (C=O) groups excluding carboxylic acids is 1. The maximum absolute atomic E-state index is 12.2. The molecule has 1 aromatic rings. The number of rotatable bonds is 1. The van der Waals surface area contributed by atoms with Crippen molar-refractivity contribution in [3.8, 4) is 0 Å². The van der Waals surface area contributed by atoms with Crippen molar-refractivity contribution in [1.29, 1.82) is 0 Å². The number of nitrogens with two attached hydrogens (primary N) is 1. The minimum atomic E-state index is -0.0368. The first-order chi connectivity index (χ1) is 7.70. The molecule has 86 valence electrons. The number of nitrogen functional groups attached to an aromatic ring is 1. The third kappa shape index (κ3) is 2.01. The zero-order chi connectivity index (χ0) is 11.5. The number of nitrogens with zero attached hydrogens (tertiary/aromatic N) is 2. The van der Waals surface area contributed by atoms with Gasteiger partial charge in [0.1, 0.15) is 0 Å². The van der Waals surface area contributed by atoms with Crippen LogP contribution >= 0.6 is 0 Å². The van der Waals surface area contributed by atoms with Crippen molar-refractivity contribution in [3.63, 3.8) is 0 Å². The van der Waals surface area contributed by atoms with Crippen LogP contribution in [0, 0.1) is 0 Å². The molecular formula is C12H17N3O. The number of hydrogen-bond donors (Lipinski definition) is 1. The van der Waals surface area contributed by atoms with Gasteiger partial charge in [-0.15, -0.1) is 0 Å². The van der Waals surface area contributed by atoms with Gasteiger partial charge >= 0.3 is 0 Å². The molecule has 1 unspecified atom stereocenters. The molecule has 0 saturated carbocycles. The fourth-order valence-electron chi connectivity index (χ4n) is 2.13. The smallest absolute Gasteiger partial charge is 0.274 e. The summed E-state index contributed by atoms with van der Waals surface area (Å²) >= 11 is 0. The molecule has 2 N–H and O–H groups in total. The quantitative estimate of drug-likeness (QED) is 0.781. The summed E-state index contributed by atoms with van der Waals surface area (Å²) in [5, 5.41) is 0. The minimum Gasteiger partial charge on any atom is -0.397 e. The van der Waals surface area contributed by atoms with E-state index < -0.39 is 0 Å². The molecule has 0 spiro atoms. The molecular weight excluding hydrogens is 202 g/mol. The maximum atomic E-state index is 12.2. The zero-order valence-corrected chi connectivity index (χ0v) is 9.52. The van der Waals surface area contributed by atoms with Crippen LogP contribution in [0.15, 0.2) is 18.3 Å². The standard InChI is InChI=1S/C12H17N3O/c1-9-5-2-3-8-15(9)12(16)11-10(13)6-4-7-14-11/h4,6-7,9H,2-3,5,8,13H2,1H3. The Bertz CT molecular complexity index is 392. The Hall–Kier alpha value is -1.58. The second kappa shape index (κ2) is 4.51. The van der Waals surface area contributed by atoms with E-state index in [0.717, 1.165) is 19.4 Å². The highest BCUT2D eigenvalue weighted by Crippen LogP contribution is 2.20. The van der Waals surface area contributed by atoms with Crippen molar-refractivity contribution in [3.05, 3.63) is 24.0 Å². The molecule has 0 bridgehead atoms. The van der Waals surface area contributed by atoms with Crippen molar-refractivity contribution >= 4 is 11.6 Å². The van der Waals surface area contributed by atoms with Crippen LogP contribution in [0.25, 0.3) is 0 Å². The van der Waals surface area contributed by atoms with Crippen LogP contribution < -0.4 is 5.73 Å². The second-order valence-electron chi connectivity index (χ2n) is 4.28. The number of piperidine rings is 1. The van der Waals surface area contributed by atoms with Crippen LogP contribution in [-0.2, 0) is 0 Å². The molecule has 0 aromatic carbocycles. The van der Waals surface area contributed by atoms with Crippen molar-refractivity contribution < 1.29 is 4.79 Å². The van der Waals surface area contributed by atoms with Crippen molar-refractivity contribution in [2.45, 2.75) is 32.2 Å². The van der Waals surface area contributed by atoms with Crippen LogP contribution in [0.5, 0.6) is 0 Å². The Kier molecular flexibility index (Phi) is 3.08. The number of carbonyl (C=O) groups is 1. The lowest BCUT2D eigenvalue weighted by atomic mass is 10.0. The van der Waals surface area contributed by atoms with Crippen LogP contribution in [0.1, 0.15) is 36.7 Å². The lowest BCUT2D eigenvalue weighted by Crippen LogP contribution is -2.42. The summed E-state index contributed by atoms with van der Waals surface area (Å²) in [6.07, 6.45) is 4.95. The van der Waals surface area contributed by atoms with Gasteiger partial charge in [-0.3, -0.25) is 4.79 Å². The fraction of sp³-hybridized carbons (Fsp3) is 0.500. The molecule has 4 nitrogen and oxygen atoms in total. The van der Waals surface area contributed by atoms with Gasteiger partial charge in [0.15, 0.2) is 5.69 Å². The lowest BCUT2D eigenvalue weighted by molar-refractivity contribution is 0.0631. The average Bonchev–Trinajstić information content (AvgIpc) is 2.29. The average molecular weight is 219 g/mol. The summed E-state index contributed by atoms with van der Waals surface area (Å²) < 4.78 is 0. The van der Waals surface area contributed by atoms with Gasteiger partial charge in [0.25, 0.3) is 5.91 Å². The molecule has 1 aliphatic rings. The van der Waals surface area contributed by atoms with E-state index in [1.54, 1.807) is 18.3 Å². The van der Waals surface area contributed by atoms with E-state index in [0.29, 0.717) is 17.4 Å². The normalized spacial score (nSPS) is 20.8. The van der Waals surface area contributed by atoms with Gasteiger partial charge in [-0.1, -0.05) is 0 Å². The molecule has 4 heteroatoms. The van der Waals surface area contributed by atoms with Crippen molar-refractivity contribution in [2.24, 2.45) is 0 Å². The summed E-state index contributed by atoms with van der Waals surface area (Å²) in [4.78, 5) is 18.2. The number of anilines is 1. The minimum absolute atomic E-state index is 0.0368. The van der Waals surface area contributed by atoms with Gasteiger partial charge in [-0.2, -0.15) is 0 Å². The number of aromatic nitrogens is 1. The third-order valence-corrected chi connectivity index (χ3v) is 3.11.